The highest BCUT2D eigenvalue weighted by molar-refractivity contribution is 5.91. The lowest BCUT2D eigenvalue weighted by Gasteiger charge is -2.36. The summed E-state index contributed by atoms with van der Waals surface area (Å²) in [7, 11) is 1.95. The van der Waals surface area contributed by atoms with E-state index < -0.39 is 0 Å². The van der Waals surface area contributed by atoms with Crippen LogP contribution in [0.15, 0.2) is 10.6 Å². The van der Waals surface area contributed by atoms with Crippen molar-refractivity contribution < 1.29 is 14.1 Å². The number of aromatic nitrogens is 1. The number of hydrogen-bond donors (Lipinski definition) is 1. The van der Waals surface area contributed by atoms with Crippen molar-refractivity contribution in [3.8, 4) is 0 Å². The Bertz CT molecular complexity index is 633. The number of hydrogen-bond acceptors (Lipinski definition) is 6. The minimum atomic E-state index is -0.0927. The molecule has 0 unspecified atom stereocenters. The minimum absolute atomic E-state index is 0.0927. The van der Waals surface area contributed by atoms with Crippen LogP contribution < -0.4 is 5.32 Å². The number of likely N-dealkylation sites (N-methyl/N-ethyl adjacent to an activating group) is 1. The van der Waals surface area contributed by atoms with Gasteiger partial charge in [0.1, 0.15) is 5.76 Å². The zero-order valence-corrected chi connectivity index (χ0v) is 16.4. The third-order valence-electron chi connectivity index (χ3n) is 5.60. The zero-order chi connectivity index (χ0) is 19.2. The van der Waals surface area contributed by atoms with Gasteiger partial charge in [-0.15, -0.1) is 0 Å². The first-order valence-electron chi connectivity index (χ1n) is 9.95. The summed E-state index contributed by atoms with van der Waals surface area (Å²) in [4.78, 5) is 30.9. The molecule has 8 heteroatoms. The predicted molar refractivity (Wildman–Crippen MR) is 102 cm³/mol. The number of aryl methyl sites for hydroxylation is 1. The third kappa shape index (κ3) is 5.77. The minimum Gasteiger partial charge on any atom is -0.360 e. The maximum Gasteiger partial charge on any atom is 0.239 e. The average molecular weight is 377 g/mol. The quantitative estimate of drug-likeness (QED) is 0.805. The standard InChI is InChI=1S/C19H31N5O3/c1-15-12-17(21-27-15)20-18(25)13-23-8-10-24(11-9-23)14-19(26)22(2)16-6-4-3-5-7-16/h12,16H,3-11,13-14H2,1-2H3,(H,20,21,25). The molecule has 2 heterocycles. The summed E-state index contributed by atoms with van der Waals surface area (Å²) in [6.07, 6.45) is 6.03. The largest absolute Gasteiger partial charge is 0.360 e. The normalized spacial score (nSPS) is 19.8. The van der Waals surface area contributed by atoms with Crippen LogP contribution in [0, 0.1) is 6.92 Å². The summed E-state index contributed by atoms with van der Waals surface area (Å²) >= 11 is 0. The van der Waals surface area contributed by atoms with Gasteiger partial charge < -0.3 is 14.7 Å². The Labute approximate surface area is 160 Å². The van der Waals surface area contributed by atoms with Crippen molar-refractivity contribution in [3.05, 3.63) is 11.8 Å². The first-order valence-corrected chi connectivity index (χ1v) is 9.95. The van der Waals surface area contributed by atoms with Crippen molar-refractivity contribution in [3.63, 3.8) is 0 Å². The van der Waals surface area contributed by atoms with Gasteiger partial charge in [-0.2, -0.15) is 0 Å². The fraction of sp³-hybridized carbons (Fsp3) is 0.737. The Kier molecular flexibility index (Phi) is 6.84. The number of carbonyl (C=O) groups excluding carboxylic acids is 2. The van der Waals surface area contributed by atoms with E-state index in [4.69, 9.17) is 4.52 Å². The van der Waals surface area contributed by atoms with Gasteiger partial charge in [0.05, 0.1) is 13.1 Å². The van der Waals surface area contributed by atoms with Crippen molar-refractivity contribution in [2.75, 3.05) is 51.6 Å². The van der Waals surface area contributed by atoms with Gasteiger partial charge in [0, 0.05) is 45.3 Å². The zero-order valence-electron chi connectivity index (χ0n) is 16.4. The van der Waals surface area contributed by atoms with E-state index in [2.05, 4.69) is 20.3 Å². The summed E-state index contributed by atoms with van der Waals surface area (Å²) in [6, 6.07) is 2.11. The van der Waals surface area contributed by atoms with Gasteiger partial charge in [0.2, 0.25) is 11.8 Å². The van der Waals surface area contributed by atoms with Gasteiger partial charge in [0.25, 0.3) is 0 Å². The molecule has 1 saturated heterocycles. The summed E-state index contributed by atoms with van der Waals surface area (Å²) in [5, 5.41) is 6.52. The lowest BCUT2D eigenvalue weighted by Crippen LogP contribution is -2.52. The summed E-state index contributed by atoms with van der Waals surface area (Å²) < 4.78 is 4.95. The van der Waals surface area contributed by atoms with E-state index in [1.165, 1.54) is 19.3 Å². The summed E-state index contributed by atoms with van der Waals surface area (Å²) in [5.41, 5.74) is 0. The molecule has 1 saturated carbocycles. The van der Waals surface area contributed by atoms with Crippen molar-refractivity contribution >= 4 is 17.6 Å². The number of carbonyl (C=O) groups is 2. The molecule has 0 aromatic carbocycles. The van der Waals surface area contributed by atoms with Gasteiger partial charge >= 0.3 is 0 Å². The summed E-state index contributed by atoms with van der Waals surface area (Å²) in [5.74, 6) is 1.24. The molecule has 8 nitrogen and oxygen atoms in total. The molecule has 3 rings (SSSR count). The molecule has 1 N–H and O–H groups in total. The van der Waals surface area contributed by atoms with Crippen LogP contribution in [0.1, 0.15) is 37.9 Å². The first kappa shape index (κ1) is 19.8. The Hall–Kier alpha value is -1.93. The molecule has 0 radical (unpaired) electrons. The van der Waals surface area contributed by atoms with Gasteiger partial charge in [-0.25, -0.2) is 0 Å². The topological polar surface area (TPSA) is 81.9 Å². The molecule has 2 amide bonds. The lowest BCUT2D eigenvalue weighted by atomic mass is 9.94. The number of nitrogens with zero attached hydrogens (tertiary/aromatic N) is 4. The monoisotopic (exact) mass is 377 g/mol. The van der Waals surface area contributed by atoms with E-state index in [1.54, 1.807) is 13.0 Å². The molecular weight excluding hydrogens is 346 g/mol. The van der Waals surface area contributed by atoms with Crippen molar-refractivity contribution in [1.82, 2.24) is 19.9 Å². The number of rotatable bonds is 6. The van der Waals surface area contributed by atoms with E-state index in [9.17, 15) is 9.59 Å². The van der Waals surface area contributed by atoms with Crippen LogP contribution in [0.5, 0.6) is 0 Å². The maximum atomic E-state index is 12.6. The molecule has 2 aliphatic rings. The van der Waals surface area contributed by atoms with E-state index >= 15 is 0 Å². The summed E-state index contributed by atoms with van der Waals surface area (Å²) in [6.45, 7) is 5.77. The van der Waals surface area contributed by atoms with Crippen molar-refractivity contribution in [1.29, 1.82) is 0 Å². The second-order valence-corrected chi connectivity index (χ2v) is 7.72. The number of nitrogens with one attached hydrogen (secondary N) is 1. The average Bonchev–Trinajstić information content (AvgIpc) is 3.08. The fourth-order valence-corrected chi connectivity index (χ4v) is 3.89. The molecule has 1 aromatic heterocycles. The van der Waals surface area contributed by atoms with Crippen LogP contribution in [0.3, 0.4) is 0 Å². The molecule has 1 aromatic rings. The van der Waals surface area contributed by atoms with Crippen LogP contribution in [-0.4, -0.2) is 84.0 Å². The van der Waals surface area contributed by atoms with Crippen molar-refractivity contribution in [2.24, 2.45) is 0 Å². The Morgan fingerprint density at radius 3 is 2.37 bits per heavy atom. The number of anilines is 1. The first-order chi connectivity index (χ1) is 13.0. The van der Waals surface area contributed by atoms with Crippen LogP contribution in [0.25, 0.3) is 0 Å². The molecule has 0 atom stereocenters. The molecule has 1 aliphatic heterocycles. The second-order valence-electron chi connectivity index (χ2n) is 7.72. The molecular formula is C19H31N5O3. The lowest BCUT2D eigenvalue weighted by molar-refractivity contribution is -0.134. The maximum absolute atomic E-state index is 12.6. The van der Waals surface area contributed by atoms with Crippen LogP contribution in [0.4, 0.5) is 5.82 Å². The Morgan fingerprint density at radius 1 is 1.15 bits per heavy atom. The Balaban J connectivity index is 1.36. The fourth-order valence-electron chi connectivity index (χ4n) is 3.89. The third-order valence-corrected chi connectivity index (χ3v) is 5.60. The van der Waals surface area contributed by atoms with Crippen LogP contribution in [0.2, 0.25) is 0 Å². The highest BCUT2D eigenvalue weighted by Gasteiger charge is 2.25. The molecule has 1 aliphatic carbocycles. The molecule has 2 fully saturated rings. The predicted octanol–water partition coefficient (Wildman–Crippen LogP) is 1.33. The highest BCUT2D eigenvalue weighted by Crippen LogP contribution is 2.21. The second kappa shape index (κ2) is 9.32. The van der Waals surface area contributed by atoms with E-state index in [1.807, 2.05) is 11.9 Å². The van der Waals surface area contributed by atoms with Crippen molar-refractivity contribution in [2.45, 2.75) is 45.1 Å². The van der Waals surface area contributed by atoms with E-state index in [-0.39, 0.29) is 11.8 Å². The van der Waals surface area contributed by atoms with Crippen LogP contribution in [-0.2, 0) is 9.59 Å². The van der Waals surface area contributed by atoms with E-state index in [0.717, 1.165) is 39.0 Å². The number of amides is 2. The smallest absolute Gasteiger partial charge is 0.239 e. The molecule has 0 spiro atoms. The molecule has 0 bridgehead atoms. The van der Waals surface area contributed by atoms with Crippen LogP contribution >= 0.6 is 0 Å². The number of piperazine rings is 1. The SMILES string of the molecule is Cc1cc(NC(=O)CN2CCN(CC(=O)N(C)C3CCCCC3)CC2)no1. The Morgan fingerprint density at radius 2 is 1.78 bits per heavy atom. The molecule has 150 valence electrons. The highest BCUT2D eigenvalue weighted by atomic mass is 16.5. The van der Waals surface area contributed by atoms with Gasteiger partial charge in [-0.3, -0.25) is 19.4 Å². The van der Waals surface area contributed by atoms with Gasteiger partial charge in [0.15, 0.2) is 5.82 Å². The molecule has 27 heavy (non-hydrogen) atoms. The van der Waals surface area contributed by atoms with Gasteiger partial charge in [-0.1, -0.05) is 24.4 Å². The van der Waals surface area contributed by atoms with E-state index in [0.29, 0.717) is 30.7 Å². The van der Waals surface area contributed by atoms with Gasteiger partial charge in [-0.05, 0) is 19.8 Å².